The van der Waals surface area contributed by atoms with Crippen LogP contribution in [-0.4, -0.2) is 12.0 Å². The van der Waals surface area contributed by atoms with E-state index in [9.17, 15) is 0 Å². The highest BCUT2D eigenvalue weighted by molar-refractivity contribution is 9.11. The van der Waals surface area contributed by atoms with Crippen LogP contribution in [0, 0.1) is 11.3 Å². The van der Waals surface area contributed by atoms with Gasteiger partial charge in [0.2, 0.25) is 0 Å². The van der Waals surface area contributed by atoms with Crippen LogP contribution in [0.1, 0.15) is 11.1 Å². The van der Waals surface area contributed by atoms with Gasteiger partial charge in [0.1, 0.15) is 6.07 Å². The largest absolute Gasteiger partial charge is 0.395 e. The maximum atomic E-state index is 8.94. The van der Waals surface area contributed by atoms with Crippen molar-refractivity contribution in [3.8, 4) is 6.07 Å². The van der Waals surface area contributed by atoms with Crippen LogP contribution >= 0.6 is 27.3 Å². The average molecular weight is 323 g/mol. The molecule has 0 aromatic carbocycles. The van der Waals surface area contributed by atoms with Crippen LogP contribution in [0.2, 0.25) is 0 Å². The molecule has 0 aliphatic rings. The number of hydrogen-bond donors (Lipinski definition) is 1. The summed E-state index contributed by atoms with van der Waals surface area (Å²) in [6.07, 6.45) is 1.60. The fourth-order valence-corrected chi connectivity index (χ4v) is 2.84. The molecule has 0 saturated heterocycles. The van der Waals surface area contributed by atoms with E-state index in [1.54, 1.807) is 23.6 Å². The monoisotopic (exact) mass is 322 g/mol. The van der Waals surface area contributed by atoms with E-state index in [0.717, 1.165) is 3.79 Å². The van der Waals surface area contributed by atoms with Gasteiger partial charge in [-0.3, -0.25) is 0 Å². The smallest absolute Gasteiger partial charge is 0.153 e. The Labute approximate surface area is 118 Å². The quantitative estimate of drug-likeness (QED) is 0.943. The standard InChI is InChI=1S/C12H11BrN4S/c1-17(6-8-4-10(13)18-7-8)12-11(15)9(5-14)2-3-16-12/h2-4,7H,6,15H2,1H3. The topological polar surface area (TPSA) is 65.9 Å². The van der Waals surface area contributed by atoms with Crippen molar-refractivity contribution in [2.24, 2.45) is 0 Å². The van der Waals surface area contributed by atoms with Crippen molar-refractivity contribution in [3.63, 3.8) is 0 Å². The van der Waals surface area contributed by atoms with Crippen LogP contribution in [0.3, 0.4) is 0 Å². The Balaban J connectivity index is 2.24. The van der Waals surface area contributed by atoms with Crippen molar-refractivity contribution in [2.45, 2.75) is 6.54 Å². The maximum Gasteiger partial charge on any atom is 0.153 e. The van der Waals surface area contributed by atoms with Crippen LogP contribution in [0.15, 0.2) is 27.5 Å². The summed E-state index contributed by atoms with van der Waals surface area (Å²) in [7, 11) is 1.91. The average Bonchev–Trinajstić information content (AvgIpc) is 2.75. The minimum Gasteiger partial charge on any atom is -0.395 e. The fourth-order valence-electron chi connectivity index (χ4n) is 1.64. The molecule has 92 valence electrons. The van der Waals surface area contributed by atoms with Gasteiger partial charge in [0, 0.05) is 19.8 Å². The number of nitriles is 1. The van der Waals surface area contributed by atoms with Gasteiger partial charge < -0.3 is 10.6 Å². The highest BCUT2D eigenvalue weighted by Crippen LogP contribution is 2.26. The second-order valence-corrected chi connectivity index (χ2v) is 6.11. The fraction of sp³-hybridized carbons (Fsp3) is 0.167. The van der Waals surface area contributed by atoms with Crippen LogP contribution in [0.25, 0.3) is 0 Å². The zero-order valence-electron chi connectivity index (χ0n) is 9.72. The van der Waals surface area contributed by atoms with Crippen LogP contribution < -0.4 is 10.6 Å². The van der Waals surface area contributed by atoms with E-state index in [1.165, 1.54) is 5.56 Å². The molecule has 0 aliphatic carbocycles. The number of pyridine rings is 1. The van der Waals surface area contributed by atoms with Gasteiger partial charge >= 0.3 is 0 Å². The van der Waals surface area contributed by atoms with Crippen molar-refractivity contribution < 1.29 is 0 Å². The Morgan fingerprint density at radius 1 is 1.61 bits per heavy atom. The van der Waals surface area contributed by atoms with E-state index < -0.39 is 0 Å². The molecule has 0 bridgehead atoms. The zero-order chi connectivity index (χ0) is 13.1. The number of halogens is 1. The van der Waals surface area contributed by atoms with Crippen LogP contribution in [-0.2, 0) is 6.54 Å². The number of thiophene rings is 1. The minimum atomic E-state index is 0.428. The van der Waals surface area contributed by atoms with E-state index in [2.05, 4.69) is 38.4 Å². The molecule has 0 spiro atoms. The van der Waals surface area contributed by atoms with E-state index in [4.69, 9.17) is 11.0 Å². The molecule has 6 heteroatoms. The van der Waals surface area contributed by atoms with Crippen molar-refractivity contribution in [1.29, 1.82) is 5.26 Å². The molecule has 2 rings (SSSR count). The third kappa shape index (κ3) is 2.63. The van der Waals surface area contributed by atoms with Gasteiger partial charge in [-0.15, -0.1) is 11.3 Å². The first-order valence-electron chi connectivity index (χ1n) is 5.20. The predicted octanol–water partition coefficient (Wildman–Crippen LogP) is 3.00. The summed E-state index contributed by atoms with van der Waals surface area (Å²) < 4.78 is 1.10. The van der Waals surface area contributed by atoms with Gasteiger partial charge in [-0.1, -0.05) is 0 Å². The summed E-state index contributed by atoms with van der Waals surface area (Å²) in [4.78, 5) is 6.17. The van der Waals surface area contributed by atoms with Crippen molar-refractivity contribution >= 4 is 38.8 Å². The molecule has 0 fully saturated rings. The SMILES string of the molecule is CN(Cc1csc(Br)c1)c1nccc(C#N)c1N. The number of anilines is 2. The molecule has 0 radical (unpaired) electrons. The molecule has 0 unspecified atom stereocenters. The number of nitrogens with zero attached hydrogens (tertiary/aromatic N) is 3. The van der Waals surface area contributed by atoms with Gasteiger partial charge in [0.05, 0.1) is 15.0 Å². The third-order valence-corrected chi connectivity index (χ3v) is 4.05. The highest BCUT2D eigenvalue weighted by Gasteiger charge is 2.11. The van der Waals surface area contributed by atoms with Crippen molar-refractivity contribution in [1.82, 2.24) is 4.98 Å². The Morgan fingerprint density at radius 3 is 3.00 bits per heavy atom. The number of nitrogen functional groups attached to an aromatic ring is 1. The van der Waals surface area contributed by atoms with E-state index in [1.807, 2.05) is 11.9 Å². The lowest BCUT2D eigenvalue weighted by atomic mass is 10.2. The predicted molar refractivity (Wildman–Crippen MR) is 77.5 cm³/mol. The molecule has 0 saturated carbocycles. The number of aromatic nitrogens is 1. The highest BCUT2D eigenvalue weighted by atomic mass is 79.9. The van der Waals surface area contributed by atoms with Gasteiger partial charge in [-0.25, -0.2) is 4.98 Å². The van der Waals surface area contributed by atoms with E-state index >= 15 is 0 Å². The first-order valence-corrected chi connectivity index (χ1v) is 6.87. The summed E-state index contributed by atoms with van der Waals surface area (Å²) in [5.41, 5.74) is 7.98. The molecule has 0 amide bonds. The zero-order valence-corrected chi connectivity index (χ0v) is 12.1. The van der Waals surface area contributed by atoms with Crippen molar-refractivity contribution in [2.75, 3.05) is 17.7 Å². The first kappa shape index (κ1) is 12.9. The van der Waals surface area contributed by atoms with Gasteiger partial charge in [-0.2, -0.15) is 5.26 Å². The summed E-state index contributed by atoms with van der Waals surface area (Å²) in [5.74, 6) is 0.636. The van der Waals surface area contributed by atoms with Gasteiger partial charge in [0.25, 0.3) is 0 Å². The summed E-state index contributed by atoms with van der Waals surface area (Å²) in [5, 5.41) is 11.0. The molecule has 0 aliphatic heterocycles. The summed E-state index contributed by atoms with van der Waals surface area (Å²) in [6, 6.07) is 5.74. The van der Waals surface area contributed by atoms with E-state index in [0.29, 0.717) is 23.6 Å². The molecule has 2 heterocycles. The van der Waals surface area contributed by atoms with Crippen LogP contribution in [0.5, 0.6) is 0 Å². The Morgan fingerprint density at radius 2 is 2.39 bits per heavy atom. The molecular weight excluding hydrogens is 312 g/mol. The van der Waals surface area contributed by atoms with Gasteiger partial charge in [-0.05, 0) is 39.0 Å². The second-order valence-electron chi connectivity index (χ2n) is 3.82. The summed E-state index contributed by atoms with van der Waals surface area (Å²) in [6.45, 7) is 0.703. The molecule has 2 N–H and O–H groups in total. The Bertz CT molecular complexity index is 602. The molecule has 0 atom stereocenters. The lowest BCUT2D eigenvalue weighted by Gasteiger charge is -2.19. The summed E-state index contributed by atoms with van der Waals surface area (Å²) >= 11 is 5.07. The lowest BCUT2D eigenvalue weighted by molar-refractivity contribution is 0.903. The molecule has 2 aromatic heterocycles. The van der Waals surface area contributed by atoms with Crippen LogP contribution in [0.4, 0.5) is 11.5 Å². The Kier molecular flexibility index (Phi) is 3.84. The lowest BCUT2D eigenvalue weighted by Crippen LogP contribution is -2.19. The minimum absolute atomic E-state index is 0.428. The Hall–Kier alpha value is -1.58. The molecule has 4 nitrogen and oxygen atoms in total. The van der Waals surface area contributed by atoms with Crippen molar-refractivity contribution in [3.05, 3.63) is 38.6 Å². The maximum absolute atomic E-state index is 8.94. The third-order valence-electron chi connectivity index (χ3n) is 2.49. The number of hydrogen-bond acceptors (Lipinski definition) is 5. The number of rotatable bonds is 3. The van der Waals surface area contributed by atoms with Gasteiger partial charge in [0.15, 0.2) is 5.82 Å². The molecule has 2 aromatic rings. The normalized spacial score (nSPS) is 10.1. The van der Waals surface area contributed by atoms with E-state index in [-0.39, 0.29) is 0 Å². The second kappa shape index (κ2) is 5.38. The molecule has 18 heavy (non-hydrogen) atoms. The first-order chi connectivity index (χ1) is 8.61. The number of nitrogens with two attached hydrogens (primary N) is 1. The molecular formula is C12H11BrN4S.